The van der Waals surface area contributed by atoms with Gasteiger partial charge in [-0.15, -0.1) is 0 Å². The molecule has 0 aliphatic rings. The Bertz CT molecular complexity index is 1220. The van der Waals surface area contributed by atoms with Crippen LogP contribution in [0.4, 0.5) is 0 Å². The van der Waals surface area contributed by atoms with Crippen LogP contribution in [0.25, 0.3) is 21.5 Å². The fraction of sp³-hybridized carbons (Fsp3) is 0.0714. The monoisotopic (exact) mass is 358 g/mol. The van der Waals surface area contributed by atoms with Gasteiger partial charge in [0.15, 0.2) is 0 Å². The summed E-state index contributed by atoms with van der Waals surface area (Å²) in [4.78, 5) is 0. The zero-order chi connectivity index (χ0) is 18.8. The van der Waals surface area contributed by atoms with Crippen molar-refractivity contribution in [2.24, 2.45) is 0 Å². The highest BCUT2D eigenvalue weighted by Gasteiger charge is 2.18. The third kappa shape index (κ3) is 3.08. The lowest BCUT2D eigenvalue weighted by molar-refractivity contribution is 0.817. The van der Waals surface area contributed by atoms with Gasteiger partial charge < -0.3 is 0 Å². The first kappa shape index (κ1) is 16.8. The summed E-state index contributed by atoms with van der Waals surface area (Å²) in [5.41, 5.74) is 4.17. The third-order valence-corrected chi connectivity index (χ3v) is 5.70. The van der Waals surface area contributed by atoms with Crippen LogP contribution in [0.2, 0.25) is 0 Å². The predicted octanol–water partition coefficient (Wildman–Crippen LogP) is 7.37. The van der Waals surface area contributed by atoms with Crippen molar-refractivity contribution in [3.8, 4) is 0 Å². The second-order valence-corrected chi connectivity index (χ2v) is 7.37. The van der Waals surface area contributed by atoms with Crippen LogP contribution in [0.5, 0.6) is 0 Å². The molecule has 0 heteroatoms. The minimum absolute atomic E-state index is 0.318. The molecule has 0 amide bonds. The number of fused-ring (bicyclic) bond motifs is 2. The smallest absolute Gasteiger partial charge is 0.0136 e. The molecule has 134 valence electrons. The van der Waals surface area contributed by atoms with E-state index in [-0.39, 0.29) is 0 Å². The quantitative estimate of drug-likeness (QED) is 0.315. The highest BCUT2D eigenvalue weighted by Crippen LogP contribution is 2.35. The van der Waals surface area contributed by atoms with Crippen LogP contribution in [0.15, 0.2) is 115 Å². The largest absolute Gasteiger partial charge is 0.0622 e. The van der Waals surface area contributed by atoms with Gasteiger partial charge in [0.05, 0.1) is 0 Å². The maximum atomic E-state index is 2.30. The van der Waals surface area contributed by atoms with Crippen molar-refractivity contribution in [3.63, 3.8) is 0 Å². The van der Waals surface area contributed by atoms with Gasteiger partial charge in [0, 0.05) is 5.92 Å². The molecule has 0 aliphatic heterocycles. The molecule has 0 saturated heterocycles. The molecular weight excluding hydrogens is 336 g/mol. The molecule has 0 aromatic heterocycles. The summed E-state index contributed by atoms with van der Waals surface area (Å²) >= 11 is 0. The van der Waals surface area contributed by atoms with Gasteiger partial charge in [0.1, 0.15) is 0 Å². The number of benzene rings is 5. The molecule has 5 aromatic rings. The van der Waals surface area contributed by atoms with Gasteiger partial charge in [-0.3, -0.25) is 0 Å². The van der Waals surface area contributed by atoms with Gasteiger partial charge in [0.2, 0.25) is 0 Å². The Morgan fingerprint density at radius 2 is 1.04 bits per heavy atom. The summed E-state index contributed by atoms with van der Waals surface area (Å²) in [5, 5.41) is 5.31. The summed E-state index contributed by atoms with van der Waals surface area (Å²) in [6.45, 7) is 0. The van der Waals surface area contributed by atoms with Gasteiger partial charge in [-0.05, 0) is 44.7 Å². The van der Waals surface area contributed by atoms with Crippen molar-refractivity contribution in [2.45, 2.75) is 12.3 Å². The fourth-order valence-corrected chi connectivity index (χ4v) is 4.34. The minimum Gasteiger partial charge on any atom is -0.0622 e. The highest BCUT2D eigenvalue weighted by molar-refractivity contribution is 5.88. The first-order chi connectivity index (χ1) is 13.9. The average Bonchev–Trinajstić information content (AvgIpc) is 2.78. The van der Waals surface area contributed by atoms with Crippen LogP contribution in [0, 0.1) is 0 Å². The van der Waals surface area contributed by atoms with Gasteiger partial charge in [-0.1, -0.05) is 115 Å². The van der Waals surface area contributed by atoms with Crippen molar-refractivity contribution in [2.75, 3.05) is 0 Å². The van der Waals surface area contributed by atoms with Gasteiger partial charge >= 0.3 is 0 Å². The molecule has 0 fully saturated rings. The molecule has 1 atom stereocenters. The summed E-state index contributed by atoms with van der Waals surface area (Å²) in [6, 6.07) is 41.7. The van der Waals surface area contributed by atoms with Crippen LogP contribution in [0.1, 0.15) is 22.6 Å². The summed E-state index contributed by atoms with van der Waals surface area (Å²) in [5.74, 6) is 0.318. The Hall–Kier alpha value is -3.38. The van der Waals surface area contributed by atoms with Gasteiger partial charge in [0.25, 0.3) is 0 Å². The van der Waals surface area contributed by atoms with E-state index in [0.717, 1.165) is 6.42 Å². The lowest BCUT2D eigenvalue weighted by atomic mass is 9.82. The number of hydrogen-bond donors (Lipinski definition) is 0. The van der Waals surface area contributed by atoms with Crippen LogP contribution in [0.3, 0.4) is 0 Å². The normalized spacial score (nSPS) is 12.3. The van der Waals surface area contributed by atoms with Crippen molar-refractivity contribution in [1.29, 1.82) is 0 Å². The van der Waals surface area contributed by atoms with E-state index in [0.29, 0.717) is 5.92 Å². The van der Waals surface area contributed by atoms with Crippen molar-refractivity contribution >= 4 is 21.5 Å². The summed E-state index contributed by atoms with van der Waals surface area (Å²) < 4.78 is 0. The maximum absolute atomic E-state index is 2.30. The fourth-order valence-electron chi connectivity index (χ4n) is 4.34. The SMILES string of the molecule is c1ccc(C(Cc2cccc3ccccc23)c2cccc3ccccc23)cc1. The van der Waals surface area contributed by atoms with Crippen molar-refractivity contribution < 1.29 is 0 Å². The molecule has 0 nitrogen and oxygen atoms in total. The van der Waals surface area contributed by atoms with E-state index in [1.54, 1.807) is 0 Å². The van der Waals surface area contributed by atoms with Crippen LogP contribution >= 0.6 is 0 Å². The second-order valence-electron chi connectivity index (χ2n) is 7.37. The third-order valence-electron chi connectivity index (χ3n) is 5.70. The zero-order valence-electron chi connectivity index (χ0n) is 15.8. The lowest BCUT2D eigenvalue weighted by Crippen LogP contribution is -2.06. The van der Waals surface area contributed by atoms with E-state index in [2.05, 4.69) is 115 Å². The molecule has 1 unspecified atom stereocenters. The second kappa shape index (κ2) is 7.32. The lowest BCUT2D eigenvalue weighted by Gasteiger charge is -2.21. The maximum Gasteiger partial charge on any atom is 0.0136 e. The Labute approximate surface area is 166 Å². The minimum atomic E-state index is 0.318. The molecule has 0 N–H and O–H groups in total. The molecule has 28 heavy (non-hydrogen) atoms. The first-order valence-electron chi connectivity index (χ1n) is 9.89. The molecule has 0 radical (unpaired) electrons. The molecule has 0 spiro atoms. The van der Waals surface area contributed by atoms with Gasteiger partial charge in [-0.25, -0.2) is 0 Å². The van der Waals surface area contributed by atoms with E-state index in [4.69, 9.17) is 0 Å². The number of hydrogen-bond acceptors (Lipinski definition) is 0. The highest BCUT2D eigenvalue weighted by atomic mass is 14.2. The molecule has 0 aliphatic carbocycles. The molecular formula is C28H22. The molecule has 0 heterocycles. The van der Waals surface area contributed by atoms with E-state index >= 15 is 0 Å². The number of rotatable bonds is 4. The van der Waals surface area contributed by atoms with E-state index in [1.165, 1.54) is 38.2 Å². The molecule has 5 rings (SSSR count). The Morgan fingerprint density at radius 3 is 1.82 bits per heavy atom. The summed E-state index contributed by atoms with van der Waals surface area (Å²) in [6.07, 6.45) is 0.985. The molecule has 0 bridgehead atoms. The zero-order valence-corrected chi connectivity index (χ0v) is 15.8. The topological polar surface area (TPSA) is 0 Å². The van der Waals surface area contributed by atoms with E-state index < -0.39 is 0 Å². The van der Waals surface area contributed by atoms with Crippen LogP contribution in [-0.2, 0) is 6.42 Å². The average molecular weight is 358 g/mol. The standard InChI is InChI=1S/C28H22/c1-2-10-23(11-3-1)28(27-19-9-15-22-13-5-7-18-26(22)27)20-24-16-8-14-21-12-4-6-17-25(21)24/h1-19,28H,20H2. The van der Waals surface area contributed by atoms with E-state index in [1.807, 2.05) is 0 Å². The first-order valence-corrected chi connectivity index (χ1v) is 9.89. The van der Waals surface area contributed by atoms with Crippen LogP contribution < -0.4 is 0 Å². The van der Waals surface area contributed by atoms with Crippen LogP contribution in [-0.4, -0.2) is 0 Å². The Kier molecular flexibility index (Phi) is 4.39. The Balaban J connectivity index is 1.69. The predicted molar refractivity (Wildman–Crippen MR) is 120 cm³/mol. The van der Waals surface area contributed by atoms with Gasteiger partial charge in [-0.2, -0.15) is 0 Å². The van der Waals surface area contributed by atoms with Crippen molar-refractivity contribution in [3.05, 3.63) is 132 Å². The Morgan fingerprint density at radius 1 is 0.464 bits per heavy atom. The molecule has 5 aromatic carbocycles. The molecule has 0 saturated carbocycles. The summed E-state index contributed by atoms with van der Waals surface area (Å²) in [7, 11) is 0. The van der Waals surface area contributed by atoms with E-state index in [9.17, 15) is 0 Å². The van der Waals surface area contributed by atoms with Crippen molar-refractivity contribution in [1.82, 2.24) is 0 Å².